The number of amides is 2. The lowest BCUT2D eigenvalue weighted by molar-refractivity contribution is -0.136. The summed E-state index contributed by atoms with van der Waals surface area (Å²) in [5.74, 6) is -0.167. The van der Waals surface area contributed by atoms with Crippen LogP contribution in [-0.2, 0) is 9.59 Å². The van der Waals surface area contributed by atoms with Gasteiger partial charge in [-0.15, -0.1) is 0 Å². The summed E-state index contributed by atoms with van der Waals surface area (Å²) in [5.41, 5.74) is 1.91. The van der Waals surface area contributed by atoms with Crippen LogP contribution in [0.3, 0.4) is 0 Å². The Morgan fingerprint density at radius 2 is 2.04 bits per heavy atom. The average molecular weight is 390 g/mol. The van der Waals surface area contributed by atoms with Crippen molar-refractivity contribution in [2.24, 2.45) is 11.8 Å². The van der Waals surface area contributed by atoms with Crippen LogP contribution in [0.15, 0.2) is 22.7 Å². The first-order valence-electron chi connectivity index (χ1n) is 8.24. The number of rotatable bonds is 2. The van der Waals surface area contributed by atoms with Crippen LogP contribution in [0, 0.1) is 30.1 Å². The van der Waals surface area contributed by atoms with E-state index in [-0.39, 0.29) is 30.1 Å². The summed E-state index contributed by atoms with van der Waals surface area (Å²) < 4.78 is 1.01. The number of hydrogen-bond donors (Lipinski definition) is 0. The van der Waals surface area contributed by atoms with Gasteiger partial charge in [0.05, 0.1) is 12.0 Å². The fraction of sp³-hybridized carbons (Fsp3) is 0.500. The normalized spacial score (nSPS) is 21.9. The van der Waals surface area contributed by atoms with Crippen LogP contribution in [-0.4, -0.2) is 36.3 Å². The predicted octanol–water partition coefficient (Wildman–Crippen LogP) is 2.87. The molecule has 2 saturated heterocycles. The Hall–Kier alpha value is -1.87. The highest BCUT2D eigenvalue weighted by Crippen LogP contribution is 2.30. The Morgan fingerprint density at radius 3 is 2.67 bits per heavy atom. The Kier molecular flexibility index (Phi) is 4.91. The van der Waals surface area contributed by atoms with Crippen molar-refractivity contribution in [2.75, 3.05) is 24.5 Å². The topological polar surface area (TPSA) is 64.4 Å². The van der Waals surface area contributed by atoms with Gasteiger partial charge in [0.1, 0.15) is 0 Å². The molecule has 0 saturated carbocycles. The first-order valence-corrected chi connectivity index (χ1v) is 9.04. The molecule has 2 fully saturated rings. The zero-order chi connectivity index (χ0) is 17.3. The van der Waals surface area contributed by atoms with E-state index < -0.39 is 0 Å². The fourth-order valence-electron chi connectivity index (χ4n) is 3.41. The minimum Gasteiger partial charge on any atom is -0.342 e. The summed E-state index contributed by atoms with van der Waals surface area (Å²) in [4.78, 5) is 28.6. The highest BCUT2D eigenvalue weighted by atomic mass is 79.9. The molecular formula is C18H20BrN3O2. The maximum absolute atomic E-state index is 12.7. The molecule has 6 heteroatoms. The molecule has 5 nitrogen and oxygen atoms in total. The van der Waals surface area contributed by atoms with Gasteiger partial charge in [0.15, 0.2) is 0 Å². The first-order chi connectivity index (χ1) is 11.5. The van der Waals surface area contributed by atoms with Crippen LogP contribution in [0.1, 0.15) is 24.8 Å². The van der Waals surface area contributed by atoms with Gasteiger partial charge in [-0.25, -0.2) is 0 Å². The lowest BCUT2D eigenvalue weighted by atomic mass is 9.97. The van der Waals surface area contributed by atoms with Crippen molar-refractivity contribution in [3.8, 4) is 6.07 Å². The van der Waals surface area contributed by atoms with E-state index in [1.807, 2.05) is 30.0 Å². The van der Waals surface area contributed by atoms with Crippen molar-refractivity contribution in [2.45, 2.75) is 26.2 Å². The molecule has 2 amide bonds. The van der Waals surface area contributed by atoms with Gasteiger partial charge in [0, 0.05) is 42.1 Å². The molecular weight excluding hydrogens is 370 g/mol. The average Bonchev–Trinajstić information content (AvgIpc) is 2.98. The highest BCUT2D eigenvalue weighted by Gasteiger charge is 2.38. The summed E-state index contributed by atoms with van der Waals surface area (Å²) in [6.07, 6.45) is 1.74. The van der Waals surface area contributed by atoms with Crippen LogP contribution in [0.2, 0.25) is 0 Å². The van der Waals surface area contributed by atoms with Gasteiger partial charge in [-0.1, -0.05) is 15.9 Å². The highest BCUT2D eigenvalue weighted by molar-refractivity contribution is 9.10. The first kappa shape index (κ1) is 17.0. The van der Waals surface area contributed by atoms with E-state index in [1.165, 1.54) is 0 Å². The Labute approximate surface area is 150 Å². The summed E-state index contributed by atoms with van der Waals surface area (Å²) in [6, 6.07) is 8.07. The summed E-state index contributed by atoms with van der Waals surface area (Å²) >= 11 is 3.46. The minimum absolute atomic E-state index is 0.00184. The Balaban J connectivity index is 1.67. The molecule has 1 aromatic rings. The second-order valence-electron chi connectivity index (χ2n) is 6.57. The number of anilines is 1. The fourth-order valence-corrected chi connectivity index (χ4v) is 3.65. The van der Waals surface area contributed by atoms with E-state index in [2.05, 4.69) is 22.0 Å². The lowest BCUT2D eigenvalue weighted by Gasteiger charge is -2.31. The number of likely N-dealkylation sites (tertiary alicyclic amines) is 1. The van der Waals surface area contributed by atoms with E-state index in [0.717, 1.165) is 28.6 Å². The second-order valence-corrected chi connectivity index (χ2v) is 7.42. The molecule has 0 spiro atoms. The van der Waals surface area contributed by atoms with Crippen molar-refractivity contribution in [3.05, 3.63) is 28.2 Å². The predicted molar refractivity (Wildman–Crippen MR) is 94.3 cm³/mol. The number of piperidine rings is 1. The summed E-state index contributed by atoms with van der Waals surface area (Å²) in [5, 5.41) is 8.96. The van der Waals surface area contributed by atoms with Crippen LogP contribution in [0.25, 0.3) is 0 Å². The maximum atomic E-state index is 12.7. The Bertz CT molecular complexity index is 705. The third kappa shape index (κ3) is 3.32. The van der Waals surface area contributed by atoms with Crippen LogP contribution in [0.5, 0.6) is 0 Å². The number of halogens is 1. The summed E-state index contributed by atoms with van der Waals surface area (Å²) in [7, 11) is 0. The monoisotopic (exact) mass is 389 g/mol. The van der Waals surface area contributed by atoms with Crippen molar-refractivity contribution in [3.63, 3.8) is 0 Å². The molecule has 24 heavy (non-hydrogen) atoms. The third-order valence-electron chi connectivity index (χ3n) is 4.92. The molecule has 126 valence electrons. The number of hydrogen-bond acceptors (Lipinski definition) is 3. The van der Waals surface area contributed by atoms with Gasteiger partial charge >= 0.3 is 0 Å². The standard InChI is InChI=1S/C18H20BrN3O2/c1-12-8-15(2-3-16(12)19)22-11-14(9-17(22)23)18(24)21-6-4-13(10-20)5-7-21/h2-3,8,13-14H,4-7,9,11H2,1H3. The number of carbonyl (C=O) groups is 2. The van der Waals surface area contributed by atoms with Crippen LogP contribution < -0.4 is 4.90 Å². The molecule has 1 aromatic carbocycles. The largest absolute Gasteiger partial charge is 0.342 e. The Morgan fingerprint density at radius 1 is 1.33 bits per heavy atom. The van der Waals surface area contributed by atoms with E-state index >= 15 is 0 Å². The zero-order valence-electron chi connectivity index (χ0n) is 13.7. The molecule has 2 heterocycles. The maximum Gasteiger partial charge on any atom is 0.228 e. The number of benzene rings is 1. The van der Waals surface area contributed by atoms with E-state index in [9.17, 15) is 9.59 Å². The van der Waals surface area contributed by atoms with Gasteiger partial charge in [-0.2, -0.15) is 5.26 Å². The minimum atomic E-state index is -0.278. The molecule has 0 radical (unpaired) electrons. The molecule has 2 aliphatic heterocycles. The molecule has 1 atom stereocenters. The summed E-state index contributed by atoms with van der Waals surface area (Å²) in [6.45, 7) is 3.67. The van der Waals surface area contributed by atoms with E-state index in [0.29, 0.717) is 19.6 Å². The van der Waals surface area contributed by atoms with Crippen molar-refractivity contribution in [1.29, 1.82) is 5.26 Å². The van der Waals surface area contributed by atoms with Gasteiger partial charge < -0.3 is 9.80 Å². The van der Waals surface area contributed by atoms with Crippen LogP contribution >= 0.6 is 15.9 Å². The molecule has 0 bridgehead atoms. The molecule has 2 aliphatic rings. The number of nitrogens with zero attached hydrogens (tertiary/aromatic N) is 3. The molecule has 0 aromatic heterocycles. The van der Waals surface area contributed by atoms with Crippen LogP contribution in [0.4, 0.5) is 5.69 Å². The number of nitriles is 1. The van der Waals surface area contributed by atoms with Gasteiger partial charge in [-0.3, -0.25) is 9.59 Å². The van der Waals surface area contributed by atoms with Crippen molar-refractivity contribution >= 4 is 33.4 Å². The third-order valence-corrected chi connectivity index (χ3v) is 5.81. The van der Waals surface area contributed by atoms with Gasteiger partial charge in [0.25, 0.3) is 0 Å². The van der Waals surface area contributed by atoms with Gasteiger partial charge in [0.2, 0.25) is 11.8 Å². The van der Waals surface area contributed by atoms with Crippen molar-refractivity contribution < 1.29 is 9.59 Å². The number of aryl methyl sites for hydroxylation is 1. The molecule has 0 aliphatic carbocycles. The second kappa shape index (κ2) is 6.94. The molecule has 3 rings (SSSR count). The smallest absolute Gasteiger partial charge is 0.228 e. The lowest BCUT2D eigenvalue weighted by Crippen LogP contribution is -2.42. The number of carbonyl (C=O) groups excluding carboxylic acids is 2. The van der Waals surface area contributed by atoms with E-state index in [4.69, 9.17) is 5.26 Å². The SMILES string of the molecule is Cc1cc(N2CC(C(=O)N3CCC(C#N)CC3)CC2=O)ccc1Br. The zero-order valence-corrected chi connectivity index (χ0v) is 15.3. The van der Waals surface area contributed by atoms with Gasteiger partial charge in [-0.05, 0) is 43.5 Å². The molecule has 0 N–H and O–H groups in total. The molecule has 1 unspecified atom stereocenters. The quantitative estimate of drug-likeness (QED) is 0.780. The van der Waals surface area contributed by atoms with Crippen molar-refractivity contribution in [1.82, 2.24) is 4.90 Å². The van der Waals surface area contributed by atoms with E-state index in [1.54, 1.807) is 4.90 Å².